The van der Waals surface area contributed by atoms with Gasteiger partial charge in [0.05, 0.1) is 5.56 Å². The number of carbonyl (C=O) groups is 2. The molecule has 1 heterocycles. The van der Waals surface area contributed by atoms with E-state index in [0.29, 0.717) is 12.0 Å². The van der Waals surface area contributed by atoms with Gasteiger partial charge in [0, 0.05) is 23.1 Å². The molecule has 0 atom stereocenters. The van der Waals surface area contributed by atoms with Gasteiger partial charge < -0.3 is 14.4 Å². The first-order valence-corrected chi connectivity index (χ1v) is 8.89. The molecule has 0 unspecified atom stereocenters. The second-order valence-electron chi connectivity index (χ2n) is 5.63. The smallest absolute Gasteiger partial charge is 0.338 e. The van der Waals surface area contributed by atoms with Gasteiger partial charge >= 0.3 is 5.97 Å². The average molecular weight is 404 g/mol. The number of anilines is 1. The van der Waals surface area contributed by atoms with Gasteiger partial charge in [-0.05, 0) is 55.0 Å². The number of ether oxygens (including phenoxy) is 2. The molecule has 1 aliphatic heterocycles. The van der Waals surface area contributed by atoms with Gasteiger partial charge in [0.1, 0.15) is 19.0 Å². The summed E-state index contributed by atoms with van der Waals surface area (Å²) in [5, 5.41) is 0. The lowest BCUT2D eigenvalue weighted by atomic mass is 10.2. The van der Waals surface area contributed by atoms with Gasteiger partial charge in [-0.3, -0.25) is 4.79 Å². The van der Waals surface area contributed by atoms with Gasteiger partial charge in [-0.2, -0.15) is 0 Å². The van der Waals surface area contributed by atoms with Gasteiger partial charge in [-0.15, -0.1) is 0 Å². The molecule has 0 aliphatic carbocycles. The van der Waals surface area contributed by atoms with Crippen LogP contribution in [-0.2, 0) is 9.53 Å². The van der Waals surface area contributed by atoms with Crippen LogP contribution in [0.4, 0.5) is 5.69 Å². The first-order chi connectivity index (χ1) is 12.1. The largest absolute Gasteiger partial charge is 0.490 e. The van der Waals surface area contributed by atoms with Gasteiger partial charge in [-0.25, -0.2) is 4.79 Å². The van der Waals surface area contributed by atoms with Crippen molar-refractivity contribution in [2.24, 2.45) is 0 Å². The Morgan fingerprint density at radius 3 is 2.40 bits per heavy atom. The van der Waals surface area contributed by atoms with Crippen LogP contribution in [-0.4, -0.2) is 31.6 Å². The Morgan fingerprint density at radius 1 is 1.04 bits per heavy atom. The molecule has 1 fully saturated rings. The molecule has 0 aromatic heterocycles. The predicted molar refractivity (Wildman–Crippen MR) is 97.9 cm³/mol. The summed E-state index contributed by atoms with van der Waals surface area (Å²) in [5.74, 6) is 0.443. The second kappa shape index (κ2) is 8.16. The summed E-state index contributed by atoms with van der Waals surface area (Å²) >= 11 is 3.36. The van der Waals surface area contributed by atoms with E-state index in [4.69, 9.17) is 9.47 Å². The van der Waals surface area contributed by atoms with E-state index in [-0.39, 0.29) is 19.1 Å². The molecule has 2 aromatic carbocycles. The molecule has 1 saturated heterocycles. The zero-order chi connectivity index (χ0) is 17.6. The molecule has 130 valence electrons. The molecule has 6 heteroatoms. The summed E-state index contributed by atoms with van der Waals surface area (Å²) in [5.41, 5.74) is 1.27. The fraction of sp³-hybridized carbons (Fsp3) is 0.263. The Hall–Kier alpha value is -2.34. The van der Waals surface area contributed by atoms with Crippen LogP contribution in [0.2, 0.25) is 0 Å². The predicted octanol–water partition coefficient (Wildman–Crippen LogP) is 3.81. The van der Waals surface area contributed by atoms with Crippen molar-refractivity contribution in [3.8, 4) is 5.75 Å². The average Bonchev–Trinajstić information content (AvgIpc) is 3.06. The van der Waals surface area contributed by atoms with Crippen LogP contribution < -0.4 is 9.64 Å². The summed E-state index contributed by atoms with van der Waals surface area (Å²) in [6, 6.07) is 14.4. The van der Waals surface area contributed by atoms with E-state index < -0.39 is 5.97 Å². The second-order valence-corrected chi connectivity index (χ2v) is 6.55. The first kappa shape index (κ1) is 17.5. The minimum atomic E-state index is -0.404. The summed E-state index contributed by atoms with van der Waals surface area (Å²) in [7, 11) is 0. The third-order valence-electron chi connectivity index (χ3n) is 3.89. The maximum absolute atomic E-state index is 12.0. The maximum atomic E-state index is 12.0. The highest BCUT2D eigenvalue weighted by Gasteiger charge is 2.21. The van der Waals surface area contributed by atoms with Gasteiger partial charge in [0.15, 0.2) is 0 Å². The molecule has 1 aliphatic rings. The monoisotopic (exact) mass is 403 g/mol. The Morgan fingerprint density at radius 2 is 1.76 bits per heavy atom. The number of hydrogen-bond acceptors (Lipinski definition) is 4. The van der Waals surface area contributed by atoms with E-state index >= 15 is 0 Å². The van der Waals surface area contributed by atoms with Crippen molar-refractivity contribution in [2.45, 2.75) is 12.8 Å². The minimum absolute atomic E-state index is 0.125. The quantitative estimate of drug-likeness (QED) is 0.543. The molecule has 3 rings (SSSR count). The lowest BCUT2D eigenvalue weighted by Crippen LogP contribution is -2.23. The first-order valence-electron chi connectivity index (χ1n) is 8.09. The van der Waals surface area contributed by atoms with Crippen molar-refractivity contribution in [3.63, 3.8) is 0 Å². The number of hydrogen-bond donors (Lipinski definition) is 0. The lowest BCUT2D eigenvalue weighted by molar-refractivity contribution is -0.117. The van der Waals surface area contributed by atoms with E-state index in [1.807, 2.05) is 24.3 Å². The zero-order valence-corrected chi connectivity index (χ0v) is 15.2. The summed E-state index contributed by atoms with van der Waals surface area (Å²) < 4.78 is 11.7. The Kier molecular flexibility index (Phi) is 5.71. The minimum Gasteiger partial charge on any atom is -0.490 e. The van der Waals surface area contributed by atoms with Crippen LogP contribution >= 0.6 is 15.9 Å². The molecule has 5 nitrogen and oxygen atoms in total. The van der Waals surface area contributed by atoms with E-state index in [0.717, 1.165) is 28.9 Å². The van der Waals surface area contributed by atoms with Crippen molar-refractivity contribution >= 4 is 33.5 Å². The number of carbonyl (C=O) groups excluding carboxylic acids is 2. The van der Waals surface area contributed by atoms with Gasteiger partial charge in [0.25, 0.3) is 0 Å². The molecular formula is C19H18BrNO4. The molecule has 0 spiro atoms. The third-order valence-corrected chi connectivity index (χ3v) is 4.42. The summed E-state index contributed by atoms with van der Waals surface area (Å²) in [6.07, 6.45) is 1.46. The topological polar surface area (TPSA) is 55.8 Å². The fourth-order valence-electron chi connectivity index (χ4n) is 2.61. The van der Waals surface area contributed by atoms with Crippen molar-refractivity contribution in [3.05, 3.63) is 58.6 Å². The molecule has 0 saturated carbocycles. The van der Waals surface area contributed by atoms with Crippen molar-refractivity contribution in [1.29, 1.82) is 0 Å². The Labute approximate surface area is 154 Å². The number of nitrogens with zero attached hydrogens (tertiary/aromatic N) is 1. The standard InChI is InChI=1S/C19H18BrNO4/c20-15-5-9-17(10-6-15)24-12-13-25-19(23)14-3-7-16(8-4-14)21-11-1-2-18(21)22/h3-10H,1-2,11-13H2. The zero-order valence-electron chi connectivity index (χ0n) is 13.6. The summed E-state index contributed by atoms with van der Waals surface area (Å²) in [6.45, 7) is 1.19. The molecule has 25 heavy (non-hydrogen) atoms. The number of rotatable bonds is 6. The molecule has 2 aromatic rings. The third kappa shape index (κ3) is 4.60. The molecule has 0 radical (unpaired) electrons. The van der Waals surface area contributed by atoms with Gasteiger partial charge in [-0.1, -0.05) is 15.9 Å². The van der Waals surface area contributed by atoms with E-state index in [2.05, 4.69) is 15.9 Å². The van der Waals surface area contributed by atoms with Gasteiger partial charge in [0.2, 0.25) is 5.91 Å². The van der Waals surface area contributed by atoms with Crippen LogP contribution in [0.5, 0.6) is 5.75 Å². The van der Waals surface area contributed by atoms with Crippen LogP contribution in [0.25, 0.3) is 0 Å². The molecule has 0 N–H and O–H groups in total. The number of esters is 1. The lowest BCUT2D eigenvalue weighted by Gasteiger charge is -2.15. The van der Waals surface area contributed by atoms with Crippen LogP contribution in [0.15, 0.2) is 53.0 Å². The highest BCUT2D eigenvalue weighted by atomic mass is 79.9. The maximum Gasteiger partial charge on any atom is 0.338 e. The fourth-order valence-corrected chi connectivity index (χ4v) is 2.87. The highest BCUT2D eigenvalue weighted by Crippen LogP contribution is 2.22. The summed E-state index contributed by atoms with van der Waals surface area (Å²) in [4.78, 5) is 25.5. The number of benzene rings is 2. The molecular weight excluding hydrogens is 386 g/mol. The van der Waals surface area contributed by atoms with E-state index in [9.17, 15) is 9.59 Å². The SMILES string of the molecule is O=C(OCCOc1ccc(Br)cc1)c1ccc(N2CCCC2=O)cc1. The van der Waals surface area contributed by atoms with Crippen LogP contribution in [0, 0.1) is 0 Å². The number of amides is 1. The Balaban J connectivity index is 1.46. The number of halogens is 1. The van der Waals surface area contributed by atoms with Crippen molar-refractivity contribution < 1.29 is 19.1 Å². The van der Waals surface area contributed by atoms with Crippen molar-refractivity contribution in [2.75, 3.05) is 24.7 Å². The molecule has 0 bridgehead atoms. The van der Waals surface area contributed by atoms with Crippen molar-refractivity contribution in [1.82, 2.24) is 0 Å². The molecule has 1 amide bonds. The van der Waals surface area contributed by atoms with E-state index in [1.54, 1.807) is 29.2 Å². The van der Waals surface area contributed by atoms with E-state index in [1.165, 1.54) is 0 Å². The normalized spacial score (nSPS) is 13.8. The highest BCUT2D eigenvalue weighted by molar-refractivity contribution is 9.10. The Bertz CT molecular complexity index is 743. The van der Waals surface area contributed by atoms with Crippen LogP contribution in [0.1, 0.15) is 23.2 Å². The van der Waals surface area contributed by atoms with Crippen LogP contribution in [0.3, 0.4) is 0 Å².